The molecule has 172 valence electrons. The summed E-state index contributed by atoms with van der Waals surface area (Å²) in [7, 11) is 1.69. The topological polar surface area (TPSA) is 63.8 Å². The Hall–Kier alpha value is -3.77. The second kappa shape index (κ2) is 8.22. The number of aromatic nitrogens is 1. The Labute approximate surface area is 198 Å². The van der Waals surface area contributed by atoms with Crippen LogP contribution in [-0.4, -0.2) is 29.5 Å². The first-order valence-corrected chi connectivity index (χ1v) is 11.5. The van der Waals surface area contributed by atoms with E-state index in [1.807, 2.05) is 55.5 Å². The lowest BCUT2D eigenvalue weighted by Gasteiger charge is -2.41. The Bertz CT molecular complexity index is 1390. The summed E-state index contributed by atoms with van der Waals surface area (Å²) >= 11 is 0. The van der Waals surface area contributed by atoms with Gasteiger partial charge in [-0.1, -0.05) is 30.3 Å². The molecule has 0 saturated carbocycles. The summed E-state index contributed by atoms with van der Waals surface area (Å²) in [5.41, 5.74) is 6.74. The largest absolute Gasteiger partial charge is 0.497 e. The summed E-state index contributed by atoms with van der Waals surface area (Å²) in [5, 5.41) is 0.895. The van der Waals surface area contributed by atoms with Crippen LogP contribution in [0.2, 0.25) is 0 Å². The molecule has 3 aromatic carbocycles. The molecule has 1 unspecified atom stereocenters. The van der Waals surface area contributed by atoms with Gasteiger partial charge in [0.25, 0.3) is 0 Å². The summed E-state index contributed by atoms with van der Waals surface area (Å²) in [6.45, 7) is 3.74. The van der Waals surface area contributed by atoms with Crippen LogP contribution in [0.15, 0.2) is 60.7 Å². The number of aromatic amines is 1. The van der Waals surface area contributed by atoms with Crippen LogP contribution in [0.1, 0.15) is 44.5 Å². The molecule has 2 aliphatic heterocycles. The third-order valence-corrected chi connectivity index (χ3v) is 6.85. The number of aryl methyl sites for hydroxylation is 1. The minimum atomic E-state index is -0.320. The molecule has 0 fully saturated rings. The van der Waals surface area contributed by atoms with Gasteiger partial charge in [-0.2, -0.15) is 0 Å². The zero-order valence-corrected chi connectivity index (χ0v) is 19.3. The molecule has 0 amide bonds. The van der Waals surface area contributed by atoms with Crippen LogP contribution in [0.5, 0.6) is 11.5 Å². The van der Waals surface area contributed by atoms with Gasteiger partial charge in [0.15, 0.2) is 6.23 Å². The molecule has 1 aromatic heterocycles. The van der Waals surface area contributed by atoms with E-state index in [-0.39, 0.29) is 18.8 Å². The lowest BCUT2D eigenvalue weighted by Crippen LogP contribution is -2.40. The number of benzene rings is 3. The maximum absolute atomic E-state index is 13.2. The van der Waals surface area contributed by atoms with Gasteiger partial charge in [-0.05, 0) is 54.8 Å². The summed E-state index contributed by atoms with van der Waals surface area (Å²) in [6.07, 6.45) is 0.781. The summed E-state index contributed by atoms with van der Waals surface area (Å²) in [4.78, 5) is 18.9. The van der Waals surface area contributed by atoms with Crippen molar-refractivity contribution in [2.75, 3.05) is 13.7 Å². The van der Waals surface area contributed by atoms with Crippen LogP contribution in [0.4, 0.5) is 0 Å². The van der Waals surface area contributed by atoms with Crippen molar-refractivity contribution >= 4 is 16.9 Å². The number of hydrogen-bond donors (Lipinski definition) is 1. The fourth-order valence-electron chi connectivity index (χ4n) is 5.16. The predicted molar refractivity (Wildman–Crippen MR) is 129 cm³/mol. The Morgan fingerprint density at radius 3 is 2.82 bits per heavy atom. The molecular weight excluding hydrogens is 428 g/mol. The van der Waals surface area contributed by atoms with E-state index in [4.69, 9.17) is 14.2 Å². The number of fused-ring (bicyclic) bond motifs is 6. The van der Waals surface area contributed by atoms with Gasteiger partial charge in [0, 0.05) is 40.8 Å². The number of carbonyl (C=O) groups is 1. The molecule has 6 nitrogen and oxygen atoms in total. The van der Waals surface area contributed by atoms with Gasteiger partial charge in [-0.3, -0.25) is 4.90 Å². The number of H-pyrrole nitrogens is 1. The Morgan fingerprint density at radius 2 is 2.00 bits per heavy atom. The van der Waals surface area contributed by atoms with Crippen LogP contribution in [0.25, 0.3) is 10.9 Å². The summed E-state index contributed by atoms with van der Waals surface area (Å²) in [5.74, 6) is 1.36. The number of hydrogen-bond acceptors (Lipinski definition) is 5. The first kappa shape index (κ1) is 20.8. The monoisotopic (exact) mass is 454 g/mol. The van der Waals surface area contributed by atoms with Crippen molar-refractivity contribution in [3.8, 4) is 11.5 Å². The van der Waals surface area contributed by atoms with Gasteiger partial charge in [0.2, 0.25) is 0 Å². The molecule has 6 rings (SSSR count). The molecule has 2 aliphatic rings. The van der Waals surface area contributed by atoms with Crippen molar-refractivity contribution in [1.29, 1.82) is 0 Å². The minimum Gasteiger partial charge on any atom is -0.497 e. The molecule has 0 saturated heterocycles. The number of carbonyl (C=O) groups excluding carboxylic acids is 1. The molecule has 0 radical (unpaired) electrons. The molecule has 6 heteroatoms. The lowest BCUT2D eigenvalue weighted by atomic mass is 9.94. The van der Waals surface area contributed by atoms with Crippen LogP contribution >= 0.6 is 0 Å². The average molecular weight is 455 g/mol. The SMILES string of the molecule is COc1ccc2c(c1)CCN1Cc3c(ccc4[nH]c(C)c(C(=O)OCc5ccccc5)c34)OC21. The molecule has 1 atom stereocenters. The fourth-order valence-corrected chi connectivity index (χ4v) is 5.16. The number of nitrogens with zero attached hydrogens (tertiary/aromatic N) is 1. The van der Waals surface area contributed by atoms with Crippen LogP contribution in [0.3, 0.4) is 0 Å². The van der Waals surface area contributed by atoms with Gasteiger partial charge >= 0.3 is 5.97 Å². The average Bonchev–Trinajstić information content (AvgIpc) is 3.22. The van der Waals surface area contributed by atoms with Crippen LogP contribution in [0, 0.1) is 6.92 Å². The van der Waals surface area contributed by atoms with Crippen molar-refractivity contribution in [2.45, 2.75) is 32.7 Å². The molecule has 3 heterocycles. The second-order valence-corrected chi connectivity index (χ2v) is 8.91. The minimum absolute atomic E-state index is 0.145. The highest BCUT2D eigenvalue weighted by atomic mass is 16.5. The number of ether oxygens (including phenoxy) is 3. The van der Waals surface area contributed by atoms with E-state index >= 15 is 0 Å². The molecule has 1 N–H and O–H groups in total. The molecular formula is C28H26N2O4. The lowest BCUT2D eigenvalue weighted by molar-refractivity contribution is -0.00960. The summed E-state index contributed by atoms with van der Waals surface area (Å²) in [6, 6.07) is 19.9. The highest BCUT2D eigenvalue weighted by Gasteiger charge is 2.35. The van der Waals surface area contributed by atoms with Crippen molar-refractivity contribution < 1.29 is 19.0 Å². The fraction of sp³-hybridized carbons (Fsp3) is 0.250. The standard InChI is InChI=1S/C28H26N2O4/c1-17-25(28(31)33-16-18-6-4-3-5-7-18)26-22-15-30-13-12-19-14-20(32-2)8-9-21(19)27(30)34-24(22)11-10-23(26)29-17/h3-11,14,27,29H,12-13,15-16H2,1-2H3. The number of nitrogens with one attached hydrogen (secondary N) is 1. The molecule has 0 spiro atoms. The zero-order chi connectivity index (χ0) is 23.2. The van der Waals surface area contributed by atoms with Crippen LogP contribution in [-0.2, 0) is 24.3 Å². The second-order valence-electron chi connectivity index (χ2n) is 8.91. The van der Waals surface area contributed by atoms with Crippen LogP contribution < -0.4 is 9.47 Å². The van der Waals surface area contributed by atoms with E-state index in [2.05, 4.69) is 22.0 Å². The van der Waals surface area contributed by atoms with E-state index in [1.165, 1.54) is 11.1 Å². The van der Waals surface area contributed by atoms with Gasteiger partial charge < -0.3 is 19.2 Å². The van der Waals surface area contributed by atoms with E-state index in [0.29, 0.717) is 12.1 Å². The smallest absolute Gasteiger partial charge is 0.340 e. The van der Waals surface area contributed by atoms with E-state index < -0.39 is 0 Å². The molecule has 0 bridgehead atoms. The van der Waals surface area contributed by atoms with Crippen molar-refractivity contribution in [3.63, 3.8) is 0 Å². The van der Waals surface area contributed by atoms with Gasteiger partial charge in [0.1, 0.15) is 18.1 Å². The zero-order valence-electron chi connectivity index (χ0n) is 19.3. The third-order valence-electron chi connectivity index (χ3n) is 6.85. The highest BCUT2D eigenvalue weighted by Crippen LogP contribution is 2.43. The Morgan fingerprint density at radius 1 is 1.15 bits per heavy atom. The molecule has 4 aromatic rings. The number of methoxy groups -OCH3 is 1. The van der Waals surface area contributed by atoms with Gasteiger partial charge in [0.05, 0.1) is 12.7 Å². The molecule has 0 aliphatic carbocycles. The normalized spacial score (nSPS) is 16.8. The third kappa shape index (κ3) is 3.42. The van der Waals surface area contributed by atoms with Gasteiger partial charge in [-0.15, -0.1) is 0 Å². The van der Waals surface area contributed by atoms with E-state index in [9.17, 15) is 4.79 Å². The Balaban J connectivity index is 1.35. The first-order valence-electron chi connectivity index (χ1n) is 11.5. The molecule has 34 heavy (non-hydrogen) atoms. The Kier molecular flexibility index (Phi) is 5.03. The van der Waals surface area contributed by atoms with Gasteiger partial charge in [-0.25, -0.2) is 4.79 Å². The van der Waals surface area contributed by atoms with Crippen molar-refractivity contribution in [3.05, 3.63) is 94.2 Å². The maximum Gasteiger partial charge on any atom is 0.340 e. The van der Waals surface area contributed by atoms with E-state index in [1.54, 1.807) is 7.11 Å². The van der Waals surface area contributed by atoms with Crippen molar-refractivity contribution in [2.24, 2.45) is 0 Å². The quantitative estimate of drug-likeness (QED) is 0.425. The van der Waals surface area contributed by atoms with E-state index in [0.717, 1.165) is 52.2 Å². The number of rotatable bonds is 4. The number of esters is 1. The first-order chi connectivity index (χ1) is 16.6. The maximum atomic E-state index is 13.2. The van der Waals surface area contributed by atoms with Crippen molar-refractivity contribution in [1.82, 2.24) is 9.88 Å². The highest BCUT2D eigenvalue weighted by molar-refractivity contribution is 6.07. The predicted octanol–water partition coefficient (Wildman–Crippen LogP) is 5.29. The summed E-state index contributed by atoms with van der Waals surface area (Å²) < 4.78 is 17.6.